The molecule has 0 saturated heterocycles. The van der Waals surface area contributed by atoms with Gasteiger partial charge in [-0.1, -0.05) is 38.3 Å². The highest BCUT2D eigenvalue weighted by Crippen LogP contribution is 2.38. The van der Waals surface area contributed by atoms with Gasteiger partial charge in [-0.3, -0.25) is 4.79 Å². The molecule has 0 spiro atoms. The summed E-state index contributed by atoms with van der Waals surface area (Å²) in [6.45, 7) is 2.14. The largest absolute Gasteiger partial charge is 0.481 e. The van der Waals surface area contributed by atoms with Gasteiger partial charge in [0, 0.05) is 6.42 Å². The lowest BCUT2D eigenvalue weighted by Gasteiger charge is -2.23. The highest BCUT2D eigenvalue weighted by molar-refractivity contribution is 5.66. The molecule has 146 valence electrons. The number of aliphatic hydroxyl groups is 3. The summed E-state index contributed by atoms with van der Waals surface area (Å²) in [5.74, 6) is -0.728. The van der Waals surface area contributed by atoms with Crippen molar-refractivity contribution in [1.82, 2.24) is 0 Å². The first-order chi connectivity index (χ1) is 12.0. The monoisotopic (exact) mass is 356 g/mol. The summed E-state index contributed by atoms with van der Waals surface area (Å²) in [6, 6.07) is 0. The van der Waals surface area contributed by atoms with Gasteiger partial charge in [-0.25, -0.2) is 0 Å². The van der Waals surface area contributed by atoms with Gasteiger partial charge in [0.1, 0.15) is 0 Å². The number of hydrogen-bond acceptors (Lipinski definition) is 4. The number of hydrogen-bond donors (Lipinski definition) is 4. The second kappa shape index (κ2) is 12.4. The van der Waals surface area contributed by atoms with E-state index in [1.807, 2.05) is 12.2 Å². The fourth-order valence-corrected chi connectivity index (χ4v) is 3.81. The van der Waals surface area contributed by atoms with Gasteiger partial charge in [0.25, 0.3) is 0 Å². The molecular weight excluding hydrogens is 320 g/mol. The van der Waals surface area contributed by atoms with Crippen molar-refractivity contribution in [2.24, 2.45) is 11.8 Å². The van der Waals surface area contributed by atoms with E-state index in [2.05, 4.69) is 6.92 Å². The zero-order chi connectivity index (χ0) is 18.7. The zero-order valence-corrected chi connectivity index (χ0v) is 15.5. The number of unbranched alkanes of at least 4 members (excludes halogenated alkanes) is 3. The number of carboxylic acids is 1. The van der Waals surface area contributed by atoms with Crippen LogP contribution in [-0.2, 0) is 4.79 Å². The quantitative estimate of drug-likeness (QED) is 0.300. The van der Waals surface area contributed by atoms with E-state index in [1.54, 1.807) is 0 Å². The van der Waals surface area contributed by atoms with Crippen LogP contribution >= 0.6 is 0 Å². The lowest BCUT2D eigenvalue weighted by atomic mass is 9.85. The van der Waals surface area contributed by atoms with Crippen molar-refractivity contribution in [2.45, 2.75) is 95.9 Å². The molecule has 0 aromatic heterocycles. The molecule has 0 aromatic carbocycles. The molecule has 1 fully saturated rings. The second-order valence-electron chi connectivity index (χ2n) is 7.42. The lowest BCUT2D eigenvalue weighted by Crippen LogP contribution is -2.23. The fourth-order valence-electron chi connectivity index (χ4n) is 3.81. The van der Waals surface area contributed by atoms with Crippen molar-refractivity contribution in [3.05, 3.63) is 12.2 Å². The Hall–Kier alpha value is -0.910. The van der Waals surface area contributed by atoms with E-state index in [1.165, 1.54) is 0 Å². The molecule has 1 aliphatic rings. The lowest BCUT2D eigenvalue weighted by molar-refractivity contribution is -0.137. The Balaban J connectivity index is 2.36. The summed E-state index contributed by atoms with van der Waals surface area (Å²) >= 11 is 0. The Morgan fingerprint density at radius 3 is 2.48 bits per heavy atom. The van der Waals surface area contributed by atoms with Gasteiger partial charge in [0.15, 0.2) is 0 Å². The van der Waals surface area contributed by atoms with Crippen LogP contribution in [0.5, 0.6) is 0 Å². The van der Waals surface area contributed by atoms with Crippen LogP contribution in [0.25, 0.3) is 0 Å². The third-order valence-corrected chi connectivity index (χ3v) is 5.33. The van der Waals surface area contributed by atoms with Crippen LogP contribution in [0.3, 0.4) is 0 Å². The van der Waals surface area contributed by atoms with Gasteiger partial charge in [-0.15, -0.1) is 0 Å². The highest BCUT2D eigenvalue weighted by atomic mass is 16.4. The van der Waals surface area contributed by atoms with E-state index in [-0.39, 0.29) is 24.4 Å². The molecule has 0 heterocycles. The van der Waals surface area contributed by atoms with E-state index in [0.717, 1.165) is 38.5 Å². The first kappa shape index (κ1) is 22.1. The minimum atomic E-state index is -0.778. The first-order valence-electron chi connectivity index (χ1n) is 9.86. The summed E-state index contributed by atoms with van der Waals surface area (Å²) in [4.78, 5) is 10.5. The molecule has 0 aliphatic heterocycles. The number of allylic oxidation sites excluding steroid dienone is 2. The Morgan fingerprint density at radius 2 is 1.80 bits per heavy atom. The zero-order valence-electron chi connectivity index (χ0n) is 15.5. The molecular formula is C20H36O5. The van der Waals surface area contributed by atoms with Crippen molar-refractivity contribution < 1.29 is 25.2 Å². The van der Waals surface area contributed by atoms with E-state index in [0.29, 0.717) is 25.7 Å². The van der Waals surface area contributed by atoms with Gasteiger partial charge >= 0.3 is 5.97 Å². The molecule has 5 atom stereocenters. The smallest absolute Gasteiger partial charge is 0.303 e. The third kappa shape index (κ3) is 8.84. The van der Waals surface area contributed by atoms with Crippen LogP contribution in [0.4, 0.5) is 0 Å². The van der Waals surface area contributed by atoms with Crippen LogP contribution in [0, 0.1) is 11.8 Å². The Bertz CT molecular complexity index is 396. The van der Waals surface area contributed by atoms with Gasteiger partial charge < -0.3 is 20.4 Å². The maximum absolute atomic E-state index is 10.5. The molecule has 4 N–H and O–H groups in total. The average molecular weight is 357 g/mol. The van der Waals surface area contributed by atoms with Gasteiger partial charge in [-0.05, 0) is 56.8 Å². The summed E-state index contributed by atoms with van der Waals surface area (Å²) in [7, 11) is 0. The van der Waals surface area contributed by atoms with Crippen LogP contribution in [0.1, 0.15) is 77.6 Å². The van der Waals surface area contributed by atoms with Crippen molar-refractivity contribution >= 4 is 5.97 Å². The predicted octanol–water partition coefficient (Wildman–Crippen LogP) is 3.27. The van der Waals surface area contributed by atoms with Gasteiger partial charge in [-0.2, -0.15) is 0 Å². The molecule has 0 bridgehead atoms. The van der Waals surface area contributed by atoms with Crippen LogP contribution in [0.15, 0.2) is 12.2 Å². The summed E-state index contributed by atoms with van der Waals surface area (Å²) in [5.41, 5.74) is 0. The second-order valence-corrected chi connectivity index (χ2v) is 7.42. The van der Waals surface area contributed by atoms with E-state index in [9.17, 15) is 20.1 Å². The topological polar surface area (TPSA) is 98.0 Å². The maximum Gasteiger partial charge on any atom is 0.303 e. The summed E-state index contributed by atoms with van der Waals surface area (Å²) in [5, 5.41) is 39.1. The molecule has 5 heteroatoms. The normalized spacial score (nSPS) is 27.8. The molecule has 1 aliphatic carbocycles. The SMILES string of the molecule is CCCCCC(O)CCC1C(O)CC(O)C1CC=CCCCC(=O)O. The number of rotatable bonds is 13. The van der Waals surface area contributed by atoms with Crippen LogP contribution in [0.2, 0.25) is 0 Å². The Morgan fingerprint density at radius 1 is 1.08 bits per heavy atom. The van der Waals surface area contributed by atoms with Crippen molar-refractivity contribution in [1.29, 1.82) is 0 Å². The number of aliphatic hydroxyl groups excluding tert-OH is 3. The summed E-state index contributed by atoms with van der Waals surface area (Å²) in [6.07, 6.45) is 10.8. The third-order valence-electron chi connectivity index (χ3n) is 5.33. The fraction of sp³-hybridized carbons (Fsp3) is 0.850. The molecule has 1 saturated carbocycles. The molecule has 0 radical (unpaired) electrons. The van der Waals surface area contributed by atoms with Crippen LogP contribution < -0.4 is 0 Å². The molecule has 1 rings (SSSR count). The maximum atomic E-state index is 10.5. The van der Waals surface area contributed by atoms with Crippen molar-refractivity contribution in [3.8, 4) is 0 Å². The number of aliphatic carboxylic acids is 1. The molecule has 0 amide bonds. The van der Waals surface area contributed by atoms with E-state index < -0.39 is 18.2 Å². The highest BCUT2D eigenvalue weighted by Gasteiger charge is 2.40. The predicted molar refractivity (Wildman–Crippen MR) is 98.2 cm³/mol. The minimum Gasteiger partial charge on any atom is -0.481 e. The Kier molecular flexibility index (Phi) is 11.0. The number of carboxylic acid groups (broad SMARTS) is 1. The van der Waals surface area contributed by atoms with Crippen molar-refractivity contribution in [2.75, 3.05) is 0 Å². The number of carbonyl (C=O) groups is 1. The van der Waals surface area contributed by atoms with E-state index >= 15 is 0 Å². The first-order valence-corrected chi connectivity index (χ1v) is 9.86. The van der Waals surface area contributed by atoms with Crippen molar-refractivity contribution in [3.63, 3.8) is 0 Å². The van der Waals surface area contributed by atoms with Gasteiger partial charge in [0.2, 0.25) is 0 Å². The van der Waals surface area contributed by atoms with E-state index in [4.69, 9.17) is 5.11 Å². The van der Waals surface area contributed by atoms with Gasteiger partial charge in [0.05, 0.1) is 18.3 Å². The summed E-state index contributed by atoms with van der Waals surface area (Å²) < 4.78 is 0. The Labute approximate surface area is 151 Å². The standard InChI is InChI=1S/C20H36O5/c1-2-3-6-9-15(21)12-13-17-16(18(22)14-19(17)23)10-7-4-5-8-11-20(24)25/h4,7,15-19,21-23H,2-3,5-6,8-14H2,1H3,(H,24,25). The molecule has 0 aromatic rings. The average Bonchev–Trinajstić information content (AvgIpc) is 2.82. The minimum absolute atomic E-state index is 0.0218. The van der Waals surface area contributed by atoms with Crippen LogP contribution in [-0.4, -0.2) is 44.7 Å². The molecule has 5 unspecified atom stereocenters. The molecule has 25 heavy (non-hydrogen) atoms. The molecule has 5 nitrogen and oxygen atoms in total.